The van der Waals surface area contributed by atoms with Gasteiger partial charge in [-0.2, -0.15) is 0 Å². The highest BCUT2D eigenvalue weighted by molar-refractivity contribution is 5.82. The lowest BCUT2D eigenvalue weighted by Crippen LogP contribution is -2.59. The van der Waals surface area contributed by atoms with Crippen LogP contribution in [0.15, 0.2) is 0 Å². The third-order valence-electron chi connectivity index (χ3n) is 3.64. The topological polar surface area (TPSA) is 81.7 Å². The SMILES string of the molecule is CC(C)C(NC(=O)NN1C(C)CCCC1C)C(=O)O. The van der Waals surface area contributed by atoms with Crippen molar-refractivity contribution in [3.63, 3.8) is 0 Å². The number of carboxylic acid groups (broad SMARTS) is 1. The molecule has 3 N–H and O–H groups in total. The summed E-state index contributed by atoms with van der Waals surface area (Å²) in [6.07, 6.45) is 3.24. The number of hydrazine groups is 1. The van der Waals surface area contributed by atoms with Gasteiger partial charge in [-0.25, -0.2) is 14.6 Å². The van der Waals surface area contributed by atoms with Gasteiger partial charge in [0.2, 0.25) is 0 Å². The highest BCUT2D eigenvalue weighted by atomic mass is 16.4. The smallest absolute Gasteiger partial charge is 0.330 e. The first-order valence-electron chi connectivity index (χ1n) is 6.91. The van der Waals surface area contributed by atoms with Gasteiger partial charge in [-0.3, -0.25) is 5.43 Å². The quantitative estimate of drug-likeness (QED) is 0.725. The third kappa shape index (κ3) is 4.38. The number of rotatable bonds is 4. The Bertz CT molecular complexity index is 323. The Hall–Kier alpha value is -1.30. The highest BCUT2D eigenvalue weighted by Gasteiger charge is 2.28. The largest absolute Gasteiger partial charge is 0.480 e. The number of carbonyl (C=O) groups is 2. The van der Waals surface area contributed by atoms with Crippen molar-refractivity contribution >= 4 is 12.0 Å². The monoisotopic (exact) mass is 271 g/mol. The van der Waals surface area contributed by atoms with E-state index in [4.69, 9.17) is 5.11 Å². The number of carboxylic acids is 1. The van der Waals surface area contributed by atoms with Gasteiger partial charge in [0, 0.05) is 12.1 Å². The molecule has 1 fully saturated rings. The normalized spacial score (nSPS) is 25.9. The van der Waals surface area contributed by atoms with E-state index < -0.39 is 18.0 Å². The number of urea groups is 1. The molecule has 0 bridgehead atoms. The molecule has 6 nitrogen and oxygen atoms in total. The molecule has 3 atom stereocenters. The predicted octanol–water partition coefficient (Wildman–Crippen LogP) is 1.57. The molecule has 0 spiro atoms. The van der Waals surface area contributed by atoms with E-state index in [0.717, 1.165) is 19.3 Å². The maximum Gasteiger partial charge on any atom is 0.330 e. The number of hydrogen-bond acceptors (Lipinski definition) is 3. The Kier molecular flexibility index (Phi) is 5.60. The van der Waals surface area contributed by atoms with E-state index in [-0.39, 0.29) is 18.0 Å². The average Bonchev–Trinajstić information content (AvgIpc) is 2.30. The van der Waals surface area contributed by atoms with Crippen molar-refractivity contribution < 1.29 is 14.7 Å². The first-order chi connectivity index (χ1) is 8.82. The van der Waals surface area contributed by atoms with Crippen LogP contribution in [-0.4, -0.2) is 40.2 Å². The van der Waals surface area contributed by atoms with Gasteiger partial charge >= 0.3 is 12.0 Å². The Morgan fingerprint density at radius 1 is 1.21 bits per heavy atom. The molecule has 1 aliphatic rings. The molecule has 1 aliphatic heterocycles. The van der Waals surface area contributed by atoms with E-state index in [1.165, 1.54) is 0 Å². The van der Waals surface area contributed by atoms with Crippen LogP contribution in [0.25, 0.3) is 0 Å². The average molecular weight is 271 g/mol. The molecule has 1 saturated heterocycles. The summed E-state index contributed by atoms with van der Waals surface area (Å²) in [6.45, 7) is 7.66. The molecule has 1 heterocycles. The predicted molar refractivity (Wildman–Crippen MR) is 72.5 cm³/mol. The number of hydrogen-bond donors (Lipinski definition) is 3. The van der Waals surface area contributed by atoms with E-state index >= 15 is 0 Å². The molecule has 0 radical (unpaired) electrons. The number of piperidine rings is 1. The Morgan fingerprint density at radius 3 is 2.16 bits per heavy atom. The summed E-state index contributed by atoms with van der Waals surface area (Å²) in [5.74, 6) is -1.16. The van der Waals surface area contributed by atoms with E-state index in [2.05, 4.69) is 24.6 Å². The first kappa shape index (κ1) is 15.8. The lowest BCUT2D eigenvalue weighted by Gasteiger charge is -2.38. The number of aliphatic carboxylic acids is 1. The maximum absolute atomic E-state index is 11.9. The van der Waals surface area contributed by atoms with Gasteiger partial charge in [-0.15, -0.1) is 0 Å². The van der Waals surface area contributed by atoms with Crippen molar-refractivity contribution in [1.82, 2.24) is 15.8 Å². The minimum absolute atomic E-state index is 0.153. The summed E-state index contributed by atoms with van der Waals surface area (Å²) in [5.41, 5.74) is 2.78. The zero-order chi connectivity index (χ0) is 14.6. The zero-order valence-corrected chi connectivity index (χ0v) is 12.1. The molecular formula is C13H25N3O3. The van der Waals surface area contributed by atoms with Gasteiger partial charge in [0.25, 0.3) is 0 Å². The van der Waals surface area contributed by atoms with Crippen LogP contribution in [-0.2, 0) is 4.79 Å². The minimum Gasteiger partial charge on any atom is -0.480 e. The Balaban J connectivity index is 2.56. The molecule has 3 unspecified atom stereocenters. The molecule has 0 aliphatic carbocycles. The van der Waals surface area contributed by atoms with Crippen molar-refractivity contribution in [3.05, 3.63) is 0 Å². The van der Waals surface area contributed by atoms with Crippen LogP contribution in [0.1, 0.15) is 47.0 Å². The van der Waals surface area contributed by atoms with Crippen molar-refractivity contribution in [2.45, 2.75) is 65.1 Å². The molecule has 0 aromatic rings. The summed E-state index contributed by atoms with van der Waals surface area (Å²) < 4.78 is 0. The molecule has 0 saturated carbocycles. The number of carbonyl (C=O) groups excluding carboxylic acids is 1. The summed E-state index contributed by atoms with van der Waals surface area (Å²) >= 11 is 0. The molecule has 0 aromatic heterocycles. The first-order valence-corrected chi connectivity index (χ1v) is 6.91. The Morgan fingerprint density at radius 2 is 1.74 bits per heavy atom. The second-order valence-corrected chi connectivity index (χ2v) is 5.68. The fourth-order valence-electron chi connectivity index (χ4n) is 2.45. The second-order valence-electron chi connectivity index (χ2n) is 5.68. The molecule has 2 amide bonds. The molecule has 19 heavy (non-hydrogen) atoms. The highest BCUT2D eigenvalue weighted by Crippen LogP contribution is 2.20. The van der Waals surface area contributed by atoms with E-state index in [1.807, 2.05) is 5.01 Å². The van der Waals surface area contributed by atoms with Gasteiger partial charge in [0.15, 0.2) is 0 Å². The standard InChI is InChI=1S/C13H25N3O3/c1-8(2)11(12(17)18)14-13(19)15-16-9(3)6-5-7-10(16)4/h8-11H,5-7H2,1-4H3,(H,17,18)(H2,14,15,19). The van der Waals surface area contributed by atoms with Gasteiger partial charge in [0.1, 0.15) is 6.04 Å². The van der Waals surface area contributed by atoms with E-state index in [1.54, 1.807) is 13.8 Å². The summed E-state index contributed by atoms with van der Waals surface area (Å²) in [5, 5.41) is 13.5. The van der Waals surface area contributed by atoms with Crippen LogP contribution in [0.4, 0.5) is 4.79 Å². The molecule has 0 aromatic carbocycles. The van der Waals surface area contributed by atoms with E-state index in [9.17, 15) is 9.59 Å². The number of nitrogens with one attached hydrogen (secondary N) is 2. The van der Waals surface area contributed by atoms with Crippen LogP contribution in [0.5, 0.6) is 0 Å². The van der Waals surface area contributed by atoms with Crippen LogP contribution >= 0.6 is 0 Å². The second kappa shape index (κ2) is 6.75. The lowest BCUT2D eigenvalue weighted by atomic mass is 10.00. The Labute approximate surface area is 114 Å². The maximum atomic E-state index is 11.9. The number of amides is 2. The zero-order valence-electron chi connectivity index (χ0n) is 12.1. The number of nitrogens with zero attached hydrogens (tertiary/aromatic N) is 1. The summed E-state index contributed by atoms with van der Waals surface area (Å²) in [6, 6.07) is -0.759. The van der Waals surface area contributed by atoms with Crippen LogP contribution in [0.2, 0.25) is 0 Å². The van der Waals surface area contributed by atoms with Crippen LogP contribution in [0.3, 0.4) is 0 Å². The van der Waals surface area contributed by atoms with Crippen LogP contribution < -0.4 is 10.7 Å². The molecule has 110 valence electrons. The summed E-state index contributed by atoms with van der Waals surface area (Å²) in [4.78, 5) is 22.9. The fraction of sp³-hybridized carbons (Fsp3) is 0.846. The molecule has 6 heteroatoms. The summed E-state index contributed by atoms with van der Waals surface area (Å²) in [7, 11) is 0. The molecule has 1 rings (SSSR count). The van der Waals surface area contributed by atoms with Crippen molar-refractivity contribution in [2.75, 3.05) is 0 Å². The van der Waals surface area contributed by atoms with Crippen molar-refractivity contribution in [2.24, 2.45) is 5.92 Å². The molecular weight excluding hydrogens is 246 g/mol. The minimum atomic E-state index is -1.01. The van der Waals surface area contributed by atoms with Gasteiger partial charge in [-0.05, 0) is 32.6 Å². The van der Waals surface area contributed by atoms with Gasteiger partial charge in [-0.1, -0.05) is 20.3 Å². The van der Waals surface area contributed by atoms with Crippen LogP contribution in [0, 0.1) is 5.92 Å². The van der Waals surface area contributed by atoms with E-state index in [0.29, 0.717) is 0 Å². The fourth-order valence-corrected chi connectivity index (χ4v) is 2.45. The van der Waals surface area contributed by atoms with Crippen molar-refractivity contribution in [3.8, 4) is 0 Å². The lowest BCUT2D eigenvalue weighted by molar-refractivity contribution is -0.140. The van der Waals surface area contributed by atoms with Gasteiger partial charge in [0.05, 0.1) is 0 Å². The van der Waals surface area contributed by atoms with Crippen molar-refractivity contribution in [1.29, 1.82) is 0 Å². The third-order valence-corrected chi connectivity index (χ3v) is 3.64. The van der Waals surface area contributed by atoms with Gasteiger partial charge < -0.3 is 10.4 Å².